The number of nitrogens with zero attached hydrogens (tertiary/aromatic N) is 3. The molecule has 3 rings (SSSR count). The van der Waals surface area contributed by atoms with Gasteiger partial charge in [0.1, 0.15) is 5.82 Å². The lowest BCUT2D eigenvalue weighted by Crippen LogP contribution is -2.06. The van der Waals surface area contributed by atoms with Crippen molar-refractivity contribution in [3.05, 3.63) is 70.2 Å². The lowest BCUT2D eigenvalue weighted by Gasteiger charge is -2.08. The van der Waals surface area contributed by atoms with Gasteiger partial charge in [0.2, 0.25) is 0 Å². The third-order valence-electron chi connectivity index (χ3n) is 3.32. The molecule has 2 heterocycles. The van der Waals surface area contributed by atoms with Crippen LogP contribution >= 0.6 is 11.3 Å². The molecule has 0 aliphatic carbocycles. The molecule has 0 fully saturated rings. The number of rotatable bonds is 5. The number of hydrogen-bond acceptors (Lipinski definition) is 5. The van der Waals surface area contributed by atoms with Crippen LogP contribution in [0.1, 0.15) is 26.8 Å². The molecule has 112 valence electrons. The number of methoxy groups -OCH3 is 1. The highest BCUT2D eigenvalue weighted by Crippen LogP contribution is 2.13. The number of imidazole rings is 1. The van der Waals surface area contributed by atoms with E-state index in [2.05, 4.69) is 14.5 Å². The number of benzene rings is 1. The molecular weight excluding hydrogens is 298 g/mol. The molecule has 0 N–H and O–H groups in total. The molecule has 0 aliphatic rings. The van der Waals surface area contributed by atoms with Crippen LogP contribution in [0.3, 0.4) is 0 Å². The van der Waals surface area contributed by atoms with Crippen molar-refractivity contribution in [3.63, 3.8) is 0 Å². The summed E-state index contributed by atoms with van der Waals surface area (Å²) in [6.07, 6.45) is 6.28. The lowest BCUT2D eigenvalue weighted by molar-refractivity contribution is 0.0600. The second-order valence-electron chi connectivity index (χ2n) is 4.76. The van der Waals surface area contributed by atoms with Crippen LogP contribution in [0.15, 0.2) is 48.2 Å². The largest absolute Gasteiger partial charge is 0.465 e. The molecule has 0 atom stereocenters. The molecule has 22 heavy (non-hydrogen) atoms. The zero-order valence-electron chi connectivity index (χ0n) is 12.1. The molecule has 3 aromatic rings. The number of ether oxygens (including phenoxy) is 1. The minimum Gasteiger partial charge on any atom is -0.465 e. The first-order chi connectivity index (χ1) is 10.8. The Kier molecular flexibility index (Phi) is 4.29. The van der Waals surface area contributed by atoms with Crippen molar-refractivity contribution >= 4 is 17.3 Å². The Labute approximate surface area is 132 Å². The van der Waals surface area contributed by atoms with Crippen LogP contribution in [-0.2, 0) is 17.7 Å². The fourth-order valence-electron chi connectivity index (χ4n) is 2.19. The minimum absolute atomic E-state index is 0.321. The van der Waals surface area contributed by atoms with E-state index in [1.165, 1.54) is 7.11 Å². The average Bonchev–Trinajstić information content (AvgIpc) is 3.20. The summed E-state index contributed by atoms with van der Waals surface area (Å²) < 4.78 is 6.79. The van der Waals surface area contributed by atoms with Gasteiger partial charge in [-0.05, 0) is 17.7 Å². The van der Waals surface area contributed by atoms with Crippen LogP contribution in [0.4, 0.5) is 0 Å². The number of esters is 1. The van der Waals surface area contributed by atoms with Gasteiger partial charge in [0.05, 0.1) is 24.1 Å². The van der Waals surface area contributed by atoms with Crippen LogP contribution in [-0.4, -0.2) is 27.6 Å². The maximum Gasteiger partial charge on any atom is 0.337 e. The van der Waals surface area contributed by atoms with Gasteiger partial charge in [0, 0.05) is 30.5 Å². The fourth-order valence-corrected chi connectivity index (χ4v) is 2.80. The van der Waals surface area contributed by atoms with E-state index in [4.69, 9.17) is 4.74 Å². The molecule has 0 radical (unpaired) electrons. The maximum absolute atomic E-state index is 11.4. The van der Waals surface area contributed by atoms with E-state index in [1.54, 1.807) is 35.9 Å². The first-order valence-corrected chi connectivity index (χ1v) is 7.70. The van der Waals surface area contributed by atoms with Gasteiger partial charge >= 0.3 is 5.97 Å². The van der Waals surface area contributed by atoms with E-state index < -0.39 is 0 Å². The first-order valence-electron chi connectivity index (χ1n) is 6.82. The van der Waals surface area contributed by atoms with Gasteiger partial charge in [-0.3, -0.25) is 0 Å². The van der Waals surface area contributed by atoms with Crippen LogP contribution in [0.2, 0.25) is 0 Å². The highest BCUT2D eigenvalue weighted by molar-refractivity contribution is 7.09. The molecule has 0 saturated heterocycles. The summed E-state index contributed by atoms with van der Waals surface area (Å²) in [7, 11) is 1.38. The molecule has 0 amide bonds. The summed E-state index contributed by atoms with van der Waals surface area (Å²) >= 11 is 1.63. The van der Waals surface area contributed by atoms with Crippen molar-refractivity contribution in [2.75, 3.05) is 7.11 Å². The van der Waals surface area contributed by atoms with E-state index in [0.29, 0.717) is 12.1 Å². The van der Waals surface area contributed by atoms with Gasteiger partial charge in [0.15, 0.2) is 0 Å². The third-order valence-corrected chi connectivity index (χ3v) is 4.10. The summed E-state index contributed by atoms with van der Waals surface area (Å²) in [6, 6.07) is 7.41. The van der Waals surface area contributed by atoms with Gasteiger partial charge in [0.25, 0.3) is 0 Å². The van der Waals surface area contributed by atoms with Gasteiger partial charge in [-0.1, -0.05) is 12.1 Å². The van der Waals surface area contributed by atoms with Crippen LogP contribution in [0.5, 0.6) is 0 Å². The van der Waals surface area contributed by atoms with Crippen molar-refractivity contribution < 1.29 is 9.53 Å². The van der Waals surface area contributed by atoms with E-state index in [-0.39, 0.29) is 5.97 Å². The quantitative estimate of drug-likeness (QED) is 0.680. The maximum atomic E-state index is 11.4. The molecule has 5 nitrogen and oxygen atoms in total. The molecule has 0 unspecified atom stereocenters. The van der Waals surface area contributed by atoms with Crippen molar-refractivity contribution in [2.24, 2.45) is 0 Å². The Morgan fingerprint density at radius 3 is 2.73 bits per heavy atom. The van der Waals surface area contributed by atoms with E-state index in [0.717, 1.165) is 22.8 Å². The summed E-state index contributed by atoms with van der Waals surface area (Å²) in [5, 5.41) is 3.02. The van der Waals surface area contributed by atoms with Gasteiger partial charge in [-0.25, -0.2) is 14.8 Å². The molecule has 0 spiro atoms. The minimum atomic E-state index is -0.321. The second-order valence-corrected chi connectivity index (χ2v) is 5.74. The average molecular weight is 313 g/mol. The Bertz CT molecular complexity index is 748. The Morgan fingerprint density at radius 2 is 2.05 bits per heavy atom. The van der Waals surface area contributed by atoms with Gasteiger partial charge < -0.3 is 9.30 Å². The molecule has 2 aromatic heterocycles. The molecule has 0 bridgehead atoms. The van der Waals surface area contributed by atoms with Crippen molar-refractivity contribution in [1.82, 2.24) is 14.5 Å². The Morgan fingerprint density at radius 1 is 1.23 bits per heavy atom. The van der Waals surface area contributed by atoms with Crippen molar-refractivity contribution in [2.45, 2.75) is 13.0 Å². The zero-order valence-corrected chi connectivity index (χ0v) is 12.9. The second kappa shape index (κ2) is 6.53. The highest BCUT2D eigenvalue weighted by atomic mass is 32.1. The lowest BCUT2D eigenvalue weighted by atomic mass is 10.1. The monoisotopic (exact) mass is 313 g/mol. The van der Waals surface area contributed by atoms with E-state index in [1.807, 2.05) is 23.7 Å². The summed E-state index contributed by atoms with van der Waals surface area (Å²) in [6.45, 7) is 0.710. The molecule has 0 aliphatic heterocycles. The normalized spacial score (nSPS) is 10.6. The molecular formula is C16H15N3O2S. The fraction of sp³-hybridized carbons (Fsp3) is 0.188. The standard InChI is InChI=1S/C16H15N3O2S/c1-21-16(20)13-4-2-12(3-5-13)11-19-8-6-17-14(19)10-15-18-7-9-22-15/h2-9H,10-11H2,1H3. The third kappa shape index (κ3) is 3.23. The SMILES string of the molecule is COC(=O)c1ccc(Cn2ccnc2Cc2nccs2)cc1. The van der Waals surface area contributed by atoms with Gasteiger partial charge in [-0.15, -0.1) is 11.3 Å². The van der Waals surface area contributed by atoms with Crippen LogP contribution in [0.25, 0.3) is 0 Å². The van der Waals surface area contributed by atoms with E-state index >= 15 is 0 Å². The summed E-state index contributed by atoms with van der Waals surface area (Å²) in [5.74, 6) is 0.658. The Hall–Kier alpha value is -2.47. The molecule has 6 heteroatoms. The molecule has 1 aromatic carbocycles. The van der Waals surface area contributed by atoms with Crippen LogP contribution < -0.4 is 0 Å². The van der Waals surface area contributed by atoms with Gasteiger partial charge in [-0.2, -0.15) is 0 Å². The number of thiazole rings is 1. The topological polar surface area (TPSA) is 57.0 Å². The highest BCUT2D eigenvalue weighted by Gasteiger charge is 2.08. The predicted octanol–water partition coefficient (Wildman–Crippen LogP) is 2.77. The first kappa shape index (κ1) is 14.5. The smallest absolute Gasteiger partial charge is 0.337 e. The Balaban J connectivity index is 1.73. The van der Waals surface area contributed by atoms with Crippen LogP contribution in [0, 0.1) is 0 Å². The number of carbonyl (C=O) groups excluding carboxylic acids is 1. The summed E-state index contributed by atoms with van der Waals surface area (Å²) in [4.78, 5) is 20.1. The number of hydrogen-bond donors (Lipinski definition) is 0. The zero-order chi connectivity index (χ0) is 15.4. The van der Waals surface area contributed by atoms with Crippen molar-refractivity contribution in [1.29, 1.82) is 0 Å². The summed E-state index contributed by atoms with van der Waals surface area (Å²) in [5.41, 5.74) is 1.66. The number of carbonyl (C=O) groups is 1. The van der Waals surface area contributed by atoms with Crippen molar-refractivity contribution in [3.8, 4) is 0 Å². The number of aromatic nitrogens is 3. The van der Waals surface area contributed by atoms with E-state index in [9.17, 15) is 4.79 Å². The predicted molar refractivity (Wildman–Crippen MR) is 84.0 cm³/mol. The molecule has 0 saturated carbocycles.